The standard InChI is InChI=1S/C16H27N3O2/c1-4-19(11-13-7-5-6-9-17-13)12-14-16(21-3)15(20-2)8-10-18-14/h8,10,13,17H,4-7,9,11-12H2,1-3H3. The maximum Gasteiger partial charge on any atom is 0.183 e. The molecule has 0 aliphatic carbocycles. The van der Waals surface area contributed by atoms with E-state index in [0.29, 0.717) is 6.04 Å². The van der Waals surface area contributed by atoms with E-state index in [4.69, 9.17) is 9.47 Å². The van der Waals surface area contributed by atoms with Gasteiger partial charge in [0.2, 0.25) is 0 Å². The molecule has 21 heavy (non-hydrogen) atoms. The second kappa shape index (κ2) is 8.20. The Morgan fingerprint density at radius 1 is 1.33 bits per heavy atom. The van der Waals surface area contributed by atoms with Crippen molar-refractivity contribution in [2.24, 2.45) is 0 Å². The monoisotopic (exact) mass is 293 g/mol. The molecule has 1 aliphatic heterocycles. The van der Waals surface area contributed by atoms with Gasteiger partial charge in [-0.2, -0.15) is 0 Å². The lowest BCUT2D eigenvalue weighted by Crippen LogP contribution is -2.43. The topological polar surface area (TPSA) is 46.6 Å². The van der Waals surface area contributed by atoms with Crippen LogP contribution in [-0.4, -0.2) is 49.8 Å². The first-order chi connectivity index (χ1) is 10.3. The average molecular weight is 293 g/mol. The first-order valence-electron chi connectivity index (χ1n) is 7.80. The Hall–Kier alpha value is -1.33. The normalized spacial score (nSPS) is 18.8. The summed E-state index contributed by atoms with van der Waals surface area (Å²) in [5, 5.41) is 3.60. The van der Waals surface area contributed by atoms with Crippen LogP contribution in [0.5, 0.6) is 11.5 Å². The molecule has 1 fully saturated rings. The van der Waals surface area contributed by atoms with Gasteiger partial charge in [0.1, 0.15) is 5.69 Å². The van der Waals surface area contributed by atoms with Crippen LogP contribution in [0.1, 0.15) is 31.9 Å². The van der Waals surface area contributed by atoms with Gasteiger partial charge in [-0.15, -0.1) is 0 Å². The highest BCUT2D eigenvalue weighted by molar-refractivity contribution is 5.42. The van der Waals surface area contributed by atoms with Gasteiger partial charge in [-0.05, 0) is 25.9 Å². The Morgan fingerprint density at radius 3 is 2.81 bits per heavy atom. The second-order valence-electron chi connectivity index (χ2n) is 5.47. The molecule has 5 heteroatoms. The highest BCUT2D eigenvalue weighted by Crippen LogP contribution is 2.29. The predicted molar refractivity (Wildman–Crippen MR) is 83.9 cm³/mol. The van der Waals surface area contributed by atoms with Gasteiger partial charge in [0, 0.05) is 31.4 Å². The quantitative estimate of drug-likeness (QED) is 0.834. The fourth-order valence-corrected chi connectivity index (χ4v) is 2.87. The molecule has 0 saturated carbocycles. The molecule has 0 bridgehead atoms. The smallest absolute Gasteiger partial charge is 0.183 e. The minimum absolute atomic E-state index is 0.593. The lowest BCUT2D eigenvalue weighted by atomic mass is 10.0. The Kier molecular flexibility index (Phi) is 6.26. The summed E-state index contributed by atoms with van der Waals surface area (Å²) in [5.41, 5.74) is 0.939. The fourth-order valence-electron chi connectivity index (χ4n) is 2.87. The number of ether oxygens (including phenoxy) is 2. The number of pyridine rings is 1. The molecule has 2 rings (SSSR count). The molecule has 2 heterocycles. The number of likely N-dealkylation sites (N-methyl/N-ethyl adjacent to an activating group) is 1. The molecule has 5 nitrogen and oxygen atoms in total. The van der Waals surface area contributed by atoms with Crippen molar-refractivity contribution < 1.29 is 9.47 Å². The third-order valence-electron chi connectivity index (χ3n) is 4.08. The van der Waals surface area contributed by atoms with Gasteiger partial charge in [-0.25, -0.2) is 0 Å². The highest BCUT2D eigenvalue weighted by Gasteiger charge is 2.18. The number of hydrogen-bond donors (Lipinski definition) is 1. The Balaban J connectivity index is 2.03. The number of aromatic nitrogens is 1. The lowest BCUT2D eigenvalue weighted by molar-refractivity contribution is 0.220. The molecule has 118 valence electrons. The fraction of sp³-hybridized carbons (Fsp3) is 0.688. The number of nitrogens with zero attached hydrogens (tertiary/aromatic N) is 2. The summed E-state index contributed by atoms with van der Waals surface area (Å²) in [7, 11) is 3.33. The van der Waals surface area contributed by atoms with Crippen LogP contribution in [0.2, 0.25) is 0 Å². The summed E-state index contributed by atoms with van der Waals surface area (Å²) in [6.07, 6.45) is 5.67. The molecule has 1 N–H and O–H groups in total. The number of hydrogen-bond acceptors (Lipinski definition) is 5. The van der Waals surface area contributed by atoms with E-state index in [1.807, 2.05) is 6.07 Å². The molecular weight excluding hydrogens is 266 g/mol. The van der Waals surface area contributed by atoms with Crippen molar-refractivity contribution in [2.75, 3.05) is 33.9 Å². The first kappa shape index (κ1) is 16.0. The summed E-state index contributed by atoms with van der Waals surface area (Å²) in [4.78, 5) is 6.88. The maximum absolute atomic E-state index is 5.47. The number of piperidine rings is 1. The van der Waals surface area contributed by atoms with Crippen LogP contribution in [0.25, 0.3) is 0 Å². The van der Waals surface area contributed by atoms with Crippen LogP contribution >= 0.6 is 0 Å². The molecule has 1 aliphatic rings. The molecule has 1 unspecified atom stereocenters. The maximum atomic E-state index is 5.47. The van der Waals surface area contributed by atoms with Crippen LogP contribution in [0.4, 0.5) is 0 Å². The Bertz CT molecular complexity index is 434. The zero-order chi connectivity index (χ0) is 15.1. The summed E-state index contributed by atoms with van der Waals surface area (Å²) in [6, 6.07) is 2.43. The van der Waals surface area contributed by atoms with Crippen molar-refractivity contribution >= 4 is 0 Å². The van der Waals surface area contributed by atoms with Crippen LogP contribution in [0, 0.1) is 0 Å². The summed E-state index contributed by atoms with van der Waals surface area (Å²) >= 11 is 0. The van der Waals surface area contributed by atoms with E-state index >= 15 is 0 Å². The van der Waals surface area contributed by atoms with E-state index in [-0.39, 0.29) is 0 Å². The molecule has 0 amide bonds. The Labute approximate surface area is 127 Å². The largest absolute Gasteiger partial charge is 0.493 e. The van der Waals surface area contributed by atoms with Gasteiger partial charge >= 0.3 is 0 Å². The molecule has 1 atom stereocenters. The number of methoxy groups -OCH3 is 2. The Morgan fingerprint density at radius 2 is 2.19 bits per heavy atom. The van der Waals surface area contributed by atoms with E-state index < -0.39 is 0 Å². The van der Waals surface area contributed by atoms with Crippen molar-refractivity contribution in [3.63, 3.8) is 0 Å². The summed E-state index contributed by atoms with van der Waals surface area (Å²) in [6.45, 7) is 6.17. The summed E-state index contributed by atoms with van der Waals surface area (Å²) < 4.78 is 10.8. The molecular formula is C16H27N3O2. The van der Waals surface area contributed by atoms with Crippen molar-refractivity contribution in [1.82, 2.24) is 15.2 Å². The highest BCUT2D eigenvalue weighted by atomic mass is 16.5. The summed E-state index contributed by atoms with van der Waals surface area (Å²) in [5.74, 6) is 1.49. The minimum Gasteiger partial charge on any atom is -0.493 e. The molecule has 0 spiro atoms. The van der Waals surface area contributed by atoms with E-state index in [0.717, 1.165) is 43.4 Å². The van der Waals surface area contributed by atoms with Crippen LogP contribution in [0.3, 0.4) is 0 Å². The minimum atomic E-state index is 0.593. The molecule has 0 aromatic carbocycles. The van der Waals surface area contributed by atoms with Crippen molar-refractivity contribution in [1.29, 1.82) is 0 Å². The van der Waals surface area contributed by atoms with Gasteiger partial charge < -0.3 is 14.8 Å². The van der Waals surface area contributed by atoms with E-state index in [1.165, 1.54) is 19.3 Å². The van der Waals surface area contributed by atoms with Crippen molar-refractivity contribution in [3.8, 4) is 11.5 Å². The van der Waals surface area contributed by atoms with Gasteiger partial charge in [-0.1, -0.05) is 13.3 Å². The average Bonchev–Trinajstić information content (AvgIpc) is 2.54. The zero-order valence-electron chi connectivity index (χ0n) is 13.4. The molecule has 1 saturated heterocycles. The third kappa shape index (κ3) is 4.32. The van der Waals surface area contributed by atoms with E-state index in [1.54, 1.807) is 20.4 Å². The molecule has 1 aromatic heterocycles. The van der Waals surface area contributed by atoms with Crippen LogP contribution in [-0.2, 0) is 6.54 Å². The van der Waals surface area contributed by atoms with Gasteiger partial charge in [0.05, 0.1) is 14.2 Å². The third-order valence-corrected chi connectivity index (χ3v) is 4.08. The van der Waals surface area contributed by atoms with Gasteiger partial charge in [0.25, 0.3) is 0 Å². The van der Waals surface area contributed by atoms with Crippen molar-refractivity contribution in [2.45, 2.75) is 38.8 Å². The van der Waals surface area contributed by atoms with E-state index in [2.05, 4.69) is 22.1 Å². The van der Waals surface area contributed by atoms with Gasteiger partial charge in [0.15, 0.2) is 11.5 Å². The first-order valence-corrected chi connectivity index (χ1v) is 7.80. The van der Waals surface area contributed by atoms with E-state index in [9.17, 15) is 0 Å². The predicted octanol–water partition coefficient (Wildman–Crippen LogP) is 2.06. The second-order valence-corrected chi connectivity index (χ2v) is 5.47. The van der Waals surface area contributed by atoms with Crippen molar-refractivity contribution in [3.05, 3.63) is 18.0 Å². The van der Waals surface area contributed by atoms with Gasteiger partial charge in [-0.3, -0.25) is 9.88 Å². The zero-order valence-corrected chi connectivity index (χ0v) is 13.4. The number of nitrogens with one attached hydrogen (secondary N) is 1. The number of rotatable bonds is 7. The SMILES string of the molecule is CCN(Cc1nccc(OC)c1OC)CC1CCCCN1. The molecule has 1 aromatic rings. The van der Waals surface area contributed by atoms with Crippen LogP contribution < -0.4 is 14.8 Å². The molecule has 0 radical (unpaired) electrons. The lowest BCUT2D eigenvalue weighted by Gasteiger charge is -2.30. The van der Waals surface area contributed by atoms with Crippen LogP contribution in [0.15, 0.2) is 12.3 Å².